The summed E-state index contributed by atoms with van der Waals surface area (Å²) >= 11 is 0. The van der Waals surface area contributed by atoms with Crippen molar-refractivity contribution < 1.29 is 9.53 Å². The molecule has 62 valence electrons. The van der Waals surface area contributed by atoms with E-state index in [9.17, 15) is 4.79 Å². The molecule has 0 amide bonds. The lowest BCUT2D eigenvalue weighted by molar-refractivity contribution is -0.148. The van der Waals surface area contributed by atoms with E-state index in [1.165, 1.54) is 0 Å². The van der Waals surface area contributed by atoms with Crippen LogP contribution in [0.25, 0.3) is 0 Å². The van der Waals surface area contributed by atoms with E-state index in [1.807, 2.05) is 6.92 Å². The Morgan fingerprint density at radius 3 is 3.27 bits per heavy atom. The summed E-state index contributed by atoms with van der Waals surface area (Å²) in [7, 11) is 0. The third-order valence-corrected chi connectivity index (χ3v) is 2.77. The van der Waals surface area contributed by atoms with E-state index < -0.39 is 0 Å². The fourth-order valence-electron chi connectivity index (χ4n) is 2.00. The monoisotopic (exact) mass is 155 g/mol. The van der Waals surface area contributed by atoms with Crippen LogP contribution >= 0.6 is 0 Å². The van der Waals surface area contributed by atoms with E-state index in [-0.39, 0.29) is 11.6 Å². The molecule has 2 fully saturated rings. The fourth-order valence-corrected chi connectivity index (χ4v) is 2.00. The average molecular weight is 155 g/mol. The number of carbonyl (C=O) groups excluding carboxylic acids is 1. The van der Waals surface area contributed by atoms with Crippen LogP contribution in [-0.2, 0) is 9.53 Å². The van der Waals surface area contributed by atoms with Gasteiger partial charge in [-0.05, 0) is 19.9 Å². The zero-order valence-corrected chi connectivity index (χ0v) is 6.72. The van der Waals surface area contributed by atoms with Crippen molar-refractivity contribution in [3.8, 4) is 0 Å². The number of nitrogens with one attached hydrogen (secondary N) is 1. The molecule has 0 radical (unpaired) electrons. The molecule has 2 heterocycles. The Morgan fingerprint density at radius 1 is 1.73 bits per heavy atom. The molecule has 0 aromatic rings. The maximum atomic E-state index is 11.0. The normalized spacial score (nSPS) is 43.4. The van der Waals surface area contributed by atoms with Crippen molar-refractivity contribution in [3.05, 3.63) is 0 Å². The number of rotatable bonds is 0. The van der Waals surface area contributed by atoms with Gasteiger partial charge >= 0.3 is 5.97 Å². The lowest BCUT2D eigenvalue weighted by Gasteiger charge is -2.34. The van der Waals surface area contributed by atoms with Crippen molar-refractivity contribution in [2.45, 2.75) is 25.4 Å². The highest BCUT2D eigenvalue weighted by molar-refractivity contribution is 5.73. The number of hydrogen-bond donors (Lipinski definition) is 1. The molecule has 0 spiro atoms. The van der Waals surface area contributed by atoms with Crippen LogP contribution in [0.3, 0.4) is 0 Å². The number of fused-ring (bicyclic) bond motifs is 1. The predicted molar refractivity (Wildman–Crippen MR) is 40.1 cm³/mol. The zero-order valence-electron chi connectivity index (χ0n) is 6.72. The summed E-state index contributed by atoms with van der Waals surface area (Å²) < 4.78 is 5.25. The minimum Gasteiger partial charge on any atom is -0.458 e. The van der Waals surface area contributed by atoms with Gasteiger partial charge in [-0.1, -0.05) is 0 Å². The topological polar surface area (TPSA) is 38.3 Å². The van der Waals surface area contributed by atoms with Gasteiger partial charge < -0.3 is 10.1 Å². The van der Waals surface area contributed by atoms with Gasteiger partial charge in [0.2, 0.25) is 0 Å². The summed E-state index contributed by atoms with van der Waals surface area (Å²) in [5.41, 5.74) is -0.199. The third-order valence-electron chi connectivity index (χ3n) is 2.77. The first kappa shape index (κ1) is 7.10. The Labute approximate surface area is 66.1 Å². The van der Waals surface area contributed by atoms with Crippen LogP contribution in [0.1, 0.15) is 19.8 Å². The van der Waals surface area contributed by atoms with Crippen LogP contribution in [-0.4, -0.2) is 24.7 Å². The molecular formula is C8H13NO2. The maximum absolute atomic E-state index is 11.0. The average Bonchev–Trinajstić information content (AvgIpc) is 2.22. The lowest BCUT2D eigenvalue weighted by atomic mass is 9.84. The van der Waals surface area contributed by atoms with Gasteiger partial charge in [-0.25, -0.2) is 0 Å². The second-order valence-corrected chi connectivity index (χ2v) is 3.65. The summed E-state index contributed by atoms with van der Waals surface area (Å²) in [6.07, 6.45) is 1.69. The summed E-state index contributed by atoms with van der Waals surface area (Å²) in [5.74, 6) is 0.428. The molecule has 3 heteroatoms. The van der Waals surface area contributed by atoms with Crippen molar-refractivity contribution in [1.82, 2.24) is 5.32 Å². The van der Waals surface area contributed by atoms with Crippen LogP contribution in [0.15, 0.2) is 0 Å². The highest BCUT2D eigenvalue weighted by atomic mass is 16.6. The molecule has 0 bridgehead atoms. The standard InChI is InChI=1S/C8H13NO2/c1-8-5-9-3-2-6(8)4-7(10)11-8/h6,9H,2-5H2,1H3. The van der Waals surface area contributed by atoms with Gasteiger partial charge in [-0.3, -0.25) is 4.79 Å². The second kappa shape index (κ2) is 2.21. The molecule has 2 aliphatic rings. The van der Waals surface area contributed by atoms with Gasteiger partial charge in [-0.15, -0.1) is 0 Å². The van der Waals surface area contributed by atoms with Gasteiger partial charge in [0.05, 0.1) is 6.42 Å². The number of piperidine rings is 1. The van der Waals surface area contributed by atoms with Crippen molar-refractivity contribution >= 4 is 5.97 Å². The second-order valence-electron chi connectivity index (χ2n) is 3.65. The summed E-state index contributed by atoms with van der Waals surface area (Å²) in [5, 5.41) is 3.24. The Balaban J connectivity index is 2.17. The largest absolute Gasteiger partial charge is 0.458 e. The smallest absolute Gasteiger partial charge is 0.306 e. The molecule has 1 N–H and O–H groups in total. The van der Waals surface area contributed by atoms with Crippen molar-refractivity contribution in [3.63, 3.8) is 0 Å². The first-order valence-corrected chi connectivity index (χ1v) is 4.13. The quantitative estimate of drug-likeness (QED) is 0.511. The van der Waals surface area contributed by atoms with Crippen LogP contribution in [0.5, 0.6) is 0 Å². The molecule has 2 aliphatic heterocycles. The van der Waals surface area contributed by atoms with Gasteiger partial charge in [-0.2, -0.15) is 0 Å². The molecule has 2 unspecified atom stereocenters. The minimum absolute atomic E-state index is 0.0267. The predicted octanol–water partition coefficient (Wildman–Crippen LogP) is 0.301. The van der Waals surface area contributed by atoms with Crippen LogP contribution in [0.4, 0.5) is 0 Å². The Bertz CT molecular complexity index is 193. The third kappa shape index (κ3) is 1.03. The first-order chi connectivity index (χ1) is 5.21. The highest BCUT2D eigenvalue weighted by Gasteiger charge is 2.46. The van der Waals surface area contributed by atoms with Crippen molar-refractivity contribution in [2.24, 2.45) is 5.92 Å². The molecule has 2 saturated heterocycles. The molecule has 0 aromatic heterocycles. The summed E-state index contributed by atoms with van der Waals surface area (Å²) in [6.45, 7) is 3.87. The van der Waals surface area contributed by atoms with E-state index >= 15 is 0 Å². The van der Waals surface area contributed by atoms with Gasteiger partial charge in [0.25, 0.3) is 0 Å². The Morgan fingerprint density at radius 2 is 2.55 bits per heavy atom. The Kier molecular flexibility index (Phi) is 1.42. The molecular weight excluding hydrogens is 142 g/mol. The number of esters is 1. The van der Waals surface area contributed by atoms with Gasteiger partial charge in [0, 0.05) is 12.5 Å². The van der Waals surface area contributed by atoms with E-state index in [0.717, 1.165) is 19.5 Å². The van der Waals surface area contributed by atoms with E-state index in [2.05, 4.69) is 5.32 Å². The van der Waals surface area contributed by atoms with E-state index in [0.29, 0.717) is 12.3 Å². The fraction of sp³-hybridized carbons (Fsp3) is 0.875. The molecule has 2 rings (SSSR count). The molecule has 3 nitrogen and oxygen atoms in total. The molecule has 11 heavy (non-hydrogen) atoms. The molecule has 2 atom stereocenters. The number of hydrogen-bond acceptors (Lipinski definition) is 3. The molecule has 0 aromatic carbocycles. The summed E-state index contributed by atoms with van der Waals surface area (Å²) in [4.78, 5) is 11.0. The highest BCUT2D eigenvalue weighted by Crippen LogP contribution is 2.36. The van der Waals surface area contributed by atoms with Crippen LogP contribution in [0.2, 0.25) is 0 Å². The van der Waals surface area contributed by atoms with Crippen LogP contribution in [0, 0.1) is 5.92 Å². The van der Waals surface area contributed by atoms with E-state index in [1.54, 1.807) is 0 Å². The van der Waals surface area contributed by atoms with Gasteiger partial charge in [0.15, 0.2) is 0 Å². The van der Waals surface area contributed by atoms with Crippen LogP contribution < -0.4 is 5.32 Å². The minimum atomic E-state index is -0.199. The number of ether oxygens (including phenoxy) is 1. The Hall–Kier alpha value is -0.570. The molecule has 0 saturated carbocycles. The zero-order chi connectivity index (χ0) is 7.90. The van der Waals surface area contributed by atoms with Crippen molar-refractivity contribution in [1.29, 1.82) is 0 Å². The molecule has 0 aliphatic carbocycles. The first-order valence-electron chi connectivity index (χ1n) is 4.13. The number of carbonyl (C=O) groups is 1. The SMILES string of the molecule is CC12CNCCC1CC(=O)O2. The lowest BCUT2D eigenvalue weighted by Crippen LogP contribution is -2.48. The van der Waals surface area contributed by atoms with E-state index in [4.69, 9.17) is 4.74 Å². The maximum Gasteiger partial charge on any atom is 0.306 e. The van der Waals surface area contributed by atoms with Gasteiger partial charge in [0.1, 0.15) is 5.60 Å². The van der Waals surface area contributed by atoms with Crippen molar-refractivity contribution in [2.75, 3.05) is 13.1 Å². The summed E-state index contributed by atoms with van der Waals surface area (Å²) in [6, 6.07) is 0.